The second-order valence-electron chi connectivity index (χ2n) is 24.9. The number of likely N-dealkylation sites (tertiary alicyclic amines) is 2. The number of hydrogen-bond acceptors (Lipinski definition) is 19. The van der Waals surface area contributed by atoms with E-state index in [0.29, 0.717) is 111 Å². The summed E-state index contributed by atoms with van der Waals surface area (Å²) in [4.78, 5) is 66.2. The van der Waals surface area contributed by atoms with E-state index < -0.39 is 6.04 Å². The van der Waals surface area contributed by atoms with E-state index in [9.17, 15) is 19.6 Å². The van der Waals surface area contributed by atoms with Gasteiger partial charge in [0.15, 0.2) is 0 Å². The maximum Gasteiger partial charge on any atom is 0.318 e. The van der Waals surface area contributed by atoms with Crippen LogP contribution in [0.5, 0.6) is 11.8 Å². The van der Waals surface area contributed by atoms with Crippen LogP contribution >= 0.6 is 11.3 Å². The highest BCUT2D eigenvalue weighted by Gasteiger charge is 2.41. The monoisotopic (exact) mass is 1290 g/mol. The zero-order valence-electron chi connectivity index (χ0n) is 54.2. The molecule has 1 aliphatic carbocycles. The van der Waals surface area contributed by atoms with Crippen molar-refractivity contribution >= 4 is 62.1 Å². The summed E-state index contributed by atoms with van der Waals surface area (Å²) in [5, 5.41) is 23.3. The molecule has 3 amide bonds. The summed E-state index contributed by atoms with van der Waals surface area (Å²) in [6.45, 7) is 14.6. The van der Waals surface area contributed by atoms with Gasteiger partial charge in [-0.2, -0.15) is 15.2 Å². The van der Waals surface area contributed by atoms with Crippen molar-refractivity contribution in [3.8, 4) is 29.1 Å². The van der Waals surface area contributed by atoms with Crippen LogP contribution in [0.4, 0.5) is 11.5 Å². The maximum atomic E-state index is 14.4. The Balaban J connectivity index is 0.563. The van der Waals surface area contributed by atoms with Gasteiger partial charge in [-0.15, -0.1) is 11.3 Å². The molecule has 6 aromatic rings. The van der Waals surface area contributed by atoms with E-state index in [-0.39, 0.29) is 60.3 Å². The van der Waals surface area contributed by atoms with Gasteiger partial charge in [-0.3, -0.25) is 19.3 Å². The Bertz CT molecular complexity index is 3520. The van der Waals surface area contributed by atoms with Crippen LogP contribution in [0.1, 0.15) is 87.0 Å². The number of anilines is 2. The normalized spacial score (nSPS) is 20.2. The zero-order valence-corrected chi connectivity index (χ0v) is 55.0. The van der Waals surface area contributed by atoms with E-state index in [1.165, 1.54) is 23.3 Å². The van der Waals surface area contributed by atoms with Gasteiger partial charge in [-0.05, 0) is 101 Å². The van der Waals surface area contributed by atoms with Gasteiger partial charge in [0.25, 0.3) is 0 Å². The Hall–Kier alpha value is -7.33. The van der Waals surface area contributed by atoms with E-state index >= 15 is 0 Å². The third kappa shape index (κ3) is 16.8. The molecular formula is C71H91N11O10S. The van der Waals surface area contributed by atoms with Crippen molar-refractivity contribution in [3.05, 3.63) is 113 Å². The number of rotatable bonds is 31. The number of ether oxygens (including phenoxy) is 7. The lowest BCUT2D eigenvalue weighted by molar-refractivity contribution is -0.139. The number of carbonyl (C=O) groups excluding carboxylic acids is 3. The summed E-state index contributed by atoms with van der Waals surface area (Å²) in [5.74, 6) is 1.42. The van der Waals surface area contributed by atoms with Gasteiger partial charge in [-0.1, -0.05) is 86.5 Å². The number of hydrogen-bond donors (Lipinski definition) is 2. The molecule has 93 heavy (non-hydrogen) atoms. The van der Waals surface area contributed by atoms with E-state index in [1.807, 2.05) is 30.0 Å². The molecular weight excluding hydrogens is 1200 g/mol. The molecule has 22 heteroatoms. The number of amides is 3. The van der Waals surface area contributed by atoms with Gasteiger partial charge in [0.05, 0.1) is 114 Å². The van der Waals surface area contributed by atoms with E-state index in [4.69, 9.17) is 48.1 Å². The van der Waals surface area contributed by atoms with Gasteiger partial charge < -0.3 is 63.4 Å². The van der Waals surface area contributed by atoms with Crippen molar-refractivity contribution in [1.82, 2.24) is 40.3 Å². The molecule has 1 saturated carbocycles. The summed E-state index contributed by atoms with van der Waals surface area (Å²) < 4.78 is 42.2. The lowest BCUT2D eigenvalue weighted by Gasteiger charge is -2.42. The first-order valence-electron chi connectivity index (χ1n) is 33.4. The van der Waals surface area contributed by atoms with E-state index in [0.717, 1.165) is 120 Å². The number of piperazine rings is 1. The molecule has 21 nitrogen and oxygen atoms in total. The molecule has 2 N–H and O–H groups in total. The number of nitrogens with zero attached hydrogens (tertiary/aromatic N) is 9. The van der Waals surface area contributed by atoms with Gasteiger partial charge in [0.2, 0.25) is 17.7 Å². The number of aromatic nitrogens is 3. The number of nitriles is 1. The largest absolute Gasteiger partial charge is 0.491 e. The second-order valence-corrected chi connectivity index (χ2v) is 25.8. The maximum absolute atomic E-state index is 14.4. The van der Waals surface area contributed by atoms with Gasteiger partial charge in [0, 0.05) is 78.3 Å². The molecule has 4 aliphatic heterocycles. The minimum absolute atomic E-state index is 0.0134. The van der Waals surface area contributed by atoms with Crippen molar-refractivity contribution < 1.29 is 47.5 Å². The minimum Gasteiger partial charge on any atom is -0.491 e. The standard InChI is InChI=1S/C71H91N11O10S/c1-5-65(83)81-32-31-80(44-52(81)26-28-72)67-59-27-30-79(62-22-13-18-50-15-9-10-19-55(50)62)46-60(59)75-71(77-67)92-47-53-43-54(45-78(53)4)90-41-39-88-37-35-86-33-34-87-36-38-89-40-42-91-64-25-24-57(56-20-11-12-21-58(56)64)61-48-93-69(74-61)63-23-14-29-82(63)70(85)66(51-16-7-6-8-17-51)76-68(84)49(2)73-3/h5,9-13,15,18-22,24-25,48-49,51-54,63,66,73H,1,6-8,14,16-17,23,26-27,29-47H2,2-4H3,(H,76,84)/t49-,52-,53-,54+,63-,66-/m0/s1. The molecule has 6 heterocycles. The summed E-state index contributed by atoms with van der Waals surface area (Å²) in [5.41, 5.74) is 5.04. The number of fused-ring (bicyclic) bond motifs is 3. The molecule has 11 rings (SSSR count). The second kappa shape index (κ2) is 33.2. The molecule has 4 aromatic carbocycles. The Kier molecular flexibility index (Phi) is 23.9. The van der Waals surface area contributed by atoms with Crippen molar-refractivity contribution in [2.45, 2.75) is 114 Å². The first-order valence-corrected chi connectivity index (χ1v) is 34.3. The average molecular weight is 1290 g/mol. The molecule has 496 valence electrons. The average Bonchev–Trinajstić information content (AvgIpc) is 1.49. The molecule has 5 aliphatic rings. The number of benzene rings is 4. The molecule has 4 fully saturated rings. The summed E-state index contributed by atoms with van der Waals surface area (Å²) >= 11 is 1.59. The fourth-order valence-corrected chi connectivity index (χ4v) is 14.8. The topological polar surface area (TPSA) is 219 Å². The smallest absolute Gasteiger partial charge is 0.318 e. The summed E-state index contributed by atoms with van der Waals surface area (Å²) in [7, 11) is 3.85. The van der Waals surface area contributed by atoms with Crippen molar-refractivity contribution in [1.29, 1.82) is 5.26 Å². The van der Waals surface area contributed by atoms with Crippen molar-refractivity contribution in [2.75, 3.05) is 136 Å². The van der Waals surface area contributed by atoms with Crippen LogP contribution in [0.15, 0.2) is 96.9 Å². The van der Waals surface area contributed by atoms with Gasteiger partial charge in [0.1, 0.15) is 35.8 Å². The van der Waals surface area contributed by atoms with Crippen LogP contribution < -0.4 is 29.9 Å². The lowest BCUT2D eigenvalue weighted by Crippen LogP contribution is -2.55. The molecule has 3 saturated heterocycles. The number of likely N-dealkylation sites (N-methyl/N-ethyl adjacent to an activating group) is 2. The van der Waals surface area contributed by atoms with Crippen molar-refractivity contribution in [2.24, 2.45) is 5.92 Å². The molecule has 6 atom stereocenters. The third-order valence-electron chi connectivity index (χ3n) is 18.9. The van der Waals surface area contributed by atoms with Crippen LogP contribution in [0.3, 0.4) is 0 Å². The predicted octanol–water partition coefficient (Wildman–Crippen LogP) is 8.54. The summed E-state index contributed by atoms with van der Waals surface area (Å²) in [6, 6.07) is 28.5. The highest BCUT2D eigenvalue weighted by Crippen LogP contribution is 2.41. The molecule has 0 radical (unpaired) electrons. The highest BCUT2D eigenvalue weighted by molar-refractivity contribution is 7.10. The number of thiazole rings is 1. The molecule has 0 unspecified atom stereocenters. The minimum atomic E-state index is -0.534. The fraction of sp³-hybridized carbons (Fsp3) is 0.535. The highest BCUT2D eigenvalue weighted by atomic mass is 32.1. The van der Waals surface area contributed by atoms with E-state index in [2.05, 4.69) is 111 Å². The zero-order chi connectivity index (χ0) is 64.5. The van der Waals surface area contributed by atoms with Crippen molar-refractivity contribution in [3.63, 3.8) is 0 Å². The SMILES string of the molecule is C=CC(=O)N1CCN(c2nc(OC[C@@H]3C[C@@H](OCCOCCOCCOCCOCCOc4ccc(-c5csc([C@@H]6CCCN6C(=O)[C@@H](NC(=O)[C@H](C)NC)C6CCCCC6)n5)c5ccccc45)CN3C)nc3c2CCN(c2cccc4ccccc24)C3)C[C@@H]1CC#N. The van der Waals surface area contributed by atoms with Gasteiger partial charge in [-0.25, -0.2) is 4.98 Å². The Labute approximate surface area is 550 Å². The van der Waals surface area contributed by atoms with Crippen LogP contribution in [-0.4, -0.2) is 204 Å². The quantitative estimate of drug-likeness (QED) is 0.0308. The van der Waals surface area contributed by atoms with E-state index in [1.54, 1.807) is 23.3 Å². The Morgan fingerprint density at radius 2 is 1.46 bits per heavy atom. The summed E-state index contributed by atoms with van der Waals surface area (Å²) in [6.07, 6.45) is 10.1. The van der Waals surface area contributed by atoms with Crippen LogP contribution in [0.2, 0.25) is 0 Å². The van der Waals surface area contributed by atoms with Gasteiger partial charge >= 0.3 is 6.01 Å². The van der Waals surface area contributed by atoms with Crippen LogP contribution in [0.25, 0.3) is 32.8 Å². The first kappa shape index (κ1) is 67.1. The lowest BCUT2D eigenvalue weighted by atomic mass is 9.83. The Morgan fingerprint density at radius 1 is 0.742 bits per heavy atom. The molecule has 0 spiro atoms. The number of nitrogens with one attached hydrogen (secondary N) is 2. The van der Waals surface area contributed by atoms with Crippen LogP contribution in [-0.2, 0) is 51.0 Å². The third-order valence-corrected chi connectivity index (χ3v) is 19.9. The Morgan fingerprint density at radius 3 is 2.22 bits per heavy atom. The number of carbonyl (C=O) groups is 3. The fourth-order valence-electron chi connectivity index (χ4n) is 13.8. The van der Waals surface area contributed by atoms with Crippen LogP contribution in [0, 0.1) is 17.2 Å². The molecule has 0 bridgehead atoms. The first-order chi connectivity index (χ1) is 45.6. The predicted molar refractivity (Wildman–Crippen MR) is 360 cm³/mol. The molecule has 2 aromatic heterocycles.